The highest BCUT2D eigenvalue weighted by molar-refractivity contribution is 5.79. The van der Waals surface area contributed by atoms with E-state index in [4.69, 9.17) is 15.5 Å². The Hall–Kier alpha value is -1.39. The van der Waals surface area contributed by atoms with Gasteiger partial charge in [0.15, 0.2) is 0 Å². The van der Waals surface area contributed by atoms with Crippen LogP contribution in [0.2, 0.25) is 0 Å². The van der Waals surface area contributed by atoms with E-state index >= 15 is 0 Å². The minimum absolute atomic E-state index is 0.0440. The molecule has 0 unspecified atom stereocenters. The van der Waals surface area contributed by atoms with Gasteiger partial charge in [-0.25, -0.2) is 4.98 Å². The number of imidazole rings is 1. The Bertz CT molecular complexity index is 597. The molecule has 1 saturated heterocycles. The summed E-state index contributed by atoms with van der Waals surface area (Å²) in [5.41, 5.74) is 10.7. The van der Waals surface area contributed by atoms with E-state index < -0.39 is 0 Å². The van der Waals surface area contributed by atoms with Gasteiger partial charge in [0.05, 0.1) is 11.0 Å². The number of H-pyrrole nitrogens is 1. The molecule has 1 aliphatic heterocycles. The number of rotatable bonds is 2. The summed E-state index contributed by atoms with van der Waals surface area (Å²) >= 11 is 0. The van der Waals surface area contributed by atoms with Gasteiger partial charge < -0.3 is 15.5 Å². The number of aryl methyl sites for hydroxylation is 2. The van der Waals surface area contributed by atoms with Crippen molar-refractivity contribution >= 4 is 11.0 Å². The van der Waals surface area contributed by atoms with E-state index in [-0.39, 0.29) is 5.41 Å². The fraction of sp³-hybridized carbons (Fsp3) is 0.533. The highest BCUT2D eigenvalue weighted by Gasteiger charge is 2.36. The molecule has 0 aliphatic carbocycles. The molecular weight excluding hydrogens is 238 g/mol. The number of fused-ring (bicyclic) bond motifs is 1. The molecule has 4 nitrogen and oxygen atoms in total. The van der Waals surface area contributed by atoms with Crippen molar-refractivity contribution in [1.82, 2.24) is 9.97 Å². The number of hydrogen-bond acceptors (Lipinski definition) is 3. The van der Waals surface area contributed by atoms with Crippen LogP contribution < -0.4 is 5.73 Å². The number of nitrogens with zero attached hydrogens (tertiary/aromatic N) is 1. The van der Waals surface area contributed by atoms with E-state index in [2.05, 4.69) is 31.0 Å². The van der Waals surface area contributed by atoms with E-state index in [0.29, 0.717) is 6.54 Å². The molecule has 1 aromatic heterocycles. The van der Waals surface area contributed by atoms with Gasteiger partial charge in [0.25, 0.3) is 0 Å². The molecule has 0 spiro atoms. The van der Waals surface area contributed by atoms with Crippen LogP contribution in [0.5, 0.6) is 0 Å². The Kier molecular flexibility index (Phi) is 3.07. The summed E-state index contributed by atoms with van der Waals surface area (Å²) < 4.78 is 5.47. The number of nitrogens with two attached hydrogens (primary N) is 1. The topological polar surface area (TPSA) is 63.9 Å². The van der Waals surface area contributed by atoms with Crippen LogP contribution in [0.25, 0.3) is 11.0 Å². The maximum atomic E-state index is 6.04. The quantitative estimate of drug-likeness (QED) is 0.869. The lowest BCUT2D eigenvalue weighted by molar-refractivity contribution is 0.0503. The van der Waals surface area contributed by atoms with E-state index in [1.807, 2.05) is 0 Å². The lowest BCUT2D eigenvalue weighted by atomic mass is 9.79. The van der Waals surface area contributed by atoms with Crippen LogP contribution in [-0.4, -0.2) is 29.7 Å². The van der Waals surface area contributed by atoms with Crippen molar-refractivity contribution < 1.29 is 4.74 Å². The van der Waals surface area contributed by atoms with Gasteiger partial charge in [0.1, 0.15) is 5.82 Å². The molecule has 102 valence electrons. The van der Waals surface area contributed by atoms with Crippen LogP contribution in [0, 0.1) is 13.8 Å². The fourth-order valence-electron chi connectivity index (χ4n) is 3.02. The monoisotopic (exact) mass is 259 g/mol. The molecule has 1 aromatic carbocycles. The second-order valence-electron chi connectivity index (χ2n) is 5.66. The highest BCUT2D eigenvalue weighted by atomic mass is 16.5. The molecule has 2 aromatic rings. The molecule has 1 aliphatic rings. The van der Waals surface area contributed by atoms with Crippen LogP contribution in [0.4, 0.5) is 0 Å². The Balaban J connectivity index is 2.11. The maximum absolute atomic E-state index is 6.04. The van der Waals surface area contributed by atoms with Gasteiger partial charge in [0.2, 0.25) is 0 Å². The highest BCUT2D eigenvalue weighted by Crippen LogP contribution is 2.33. The minimum Gasteiger partial charge on any atom is -0.381 e. The number of nitrogens with one attached hydrogen (secondary N) is 1. The van der Waals surface area contributed by atoms with Gasteiger partial charge in [-0.2, -0.15) is 0 Å². The van der Waals surface area contributed by atoms with Crippen LogP contribution in [0.3, 0.4) is 0 Å². The molecule has 1 fully saturated rings. The second-order valence-corrected chi connectivity index (χ2v) is 5.66. The molecule has 19 heavy (non-hydrogen) atoms. The van der Waals surface area contributed by atoms with Crippen LogP contribution >= 0.6 is 0 Å². The lowest BCUT2D eigenvalue weighted by Gasteiger charge is -2.34. The van der Waals surface area contributed by atoms with Gasteiger partial charge in [-0.15, -0.1) is 0 Å². The third kappa shape index (κ3) is 2.05. The zero-order valence-electron chi connectivity index (χ0n) is 11.6. The molecule has 0 atom stereocenters. The summed E-state index contributed by atoms with van der Waals surface area (Å²) in [7, 11) is 0. The number of aromatic amines is 1. The third-order valence-electron chi connectivity index (χ3n) is 4.26. The molecule has 2 heterocycles. The summed E-state index contributed by atoms with van der Waals surface area (Å²) in [6.07, 6.45) is 1.89. The number of ether oxygens (including phenoxy) is 1. The summed E-state index contributed by atoms with van der Waals surface area (Å²) in [5.74, 6) is 1.03. The Morgan fingerprint density at radius 2 is 2.05 bits per heavy atom. The molecule has 0 radical (unpaired) electrons. The first-order valence-electron chi connectivity index (χ1n) is 6.90. The predicted octanol–water partition coefficient (Wildman–Crippen LogP) is 2.19. The minimum atomic E-state index is -0.0440. The van der Waals surface area contributed by atoms with E-state index in [1.165, 1.54) is 11.1 Å². The summed E-state index contributed by atoms with van der Waals surface area (Å²) in [4.78, 5) is 8.32. The van der Waals surface area contributed by atoms with Gasteiger partial charge in [-0.3, -0.25) is 0 Å². The molecule has 0 bridgehead atoms. The summed E-state index contributed by atoms with van der Waals surface area (Å²) in [6, 6.07) is 4.33. The molecule has 0 saturated carbocycles. The molecular formula is C15H21N3O. The largest absolute Gasteiger partial charge is 0.381 e. The first-order valence-corrected chi connectivity index (χ1v) is 6.90. The van der Waals surface area contributed by atoms with Gasteiger partial charge >= 0.3 is 0 Å². The Morgan fingerprint density at radius 3 is 2.74 bits per heavy atom. The SMILES string of the molecule is Cc1cc(C)c2nc(C3(CN)CCOCC3)[nH]c2c1. The molecule has 0 amide bonds. The Morgan fingerprint density at radius 1 is 1.32 bits per heavy atom. The molecule has 3 rings (SSSR count). The van der Waals surface area contributed by atoms with E-state index in [9.17, 15) is 0 Å². The molecule has 4 heteroatoms. The first-order chi connectivity index (χ1) is 9.14. The van der Waals surface area contributed by atoms with Crippen molar-refractivity contribution in [3.63, 3.8) is 0 Å². The number of hydrogen-bond donors (Lipinski definition) is 2. The van der Waals surface area contributed by atoms with Crippen molar-refractivity contribution in [2.75, 3.05) is 19.8 Å². The Labute approximate surface area is 113 Å². The number of benzene rings is 1. The van der Waals surface area contributed by atoms with E-state index in [1.54, 1.807) is 0 Å². The second kappa shape index (κ2) is 4.62. The van der Waals surface area contributed by atoms with Crippen molar-refractivity contribution in [2.24, 2.45) is 5.73 Å². The first kappa shape index (κ1) is 12.6. The normalized spacial score (nSPS) is 18.9. The van der Waals surface area contributed by atoms with Crippen molar-refractivity contribution in [3.05, 3.63) is 29.1 Å². The van der Waals surface area contributed by atoms with Crippen LogP contribution in [-0.2, 0) is 10.2 Å². The maximum Gasteiger partial charge on any atom is 0.114 e. The average molecular weight is 259 g/mol. The fourth-order valence-corrected chi connectivity index (χ4v) is 3.02. The zero-order chi connectivity index (χ0) is 13.5. The van der Waals surface area contributed by atoms with E-state index in [0.717, 1.165) is 42.9 Å². The predicted molar refractivity (Wildman–Crippen MR) is 76.4 cm³/mol. The van der Waals surface area contributed by atoms with Gasteiger partial charge in [-0.1, -0.05) is 6.07 Å². The van der Waals surface area contributed by atoms with Gasteiger partial charge in [-0.05, 0) is 43.9 Å². The number of aromatic nitrogens is 2. The smallest absolute Gasteiger partial charge is 0.114 e. The third-order valence-corrected chi connectivity index (χ3v) is 4.26. The summed E-state index contributed by atoms with van der Waals surface area (Å²) in [5, 5.41) is 0. The van der Waals surface area contributed by atoms with Crippen LogP contribution in [0.1, 0.15) is 29.8 Å². The van der Waals surface area contributed by atoms with Gasteiger partial charge in [0, 0.05) is 25.2 Å². The molecule has 3 N–H and O–H groups in total. The standard InChI is InChI=1S/C15H21N3O/c1-10-7-11(2)13-12(8-10)17-14(18-13)15(9-16)3-5-19-6-4-15/h7-8H,3-6,9,16H2,1-2H3,(H,17,18). The van der Waals surface area contributed by atoms with Crippen molar-refractivity contribution in [2.45, 2.75) is 32.1 Å². The summed E-state index contributed by atoms with van der Waals surface area (Å²) in [6.45, 7) is 6.38. The van der Waals surface area contributed by atoms with Crippen molar-refractivity contribution in [1.29, 1.82) is 0 Å². The average Bonchev–Trinajstić information content (AvgIpc) is 2.84. The lowest BCUT2D eigenvalue weighted by Crippen LogP contribution is -2.41. The van der Waals surface area contributed by atoms with Crippen molar-refractivity contribution in [3.8, 4) is 0 Å². The van der Waals surface area contributed by atoms with Crippen LogP contribution in [0.15, 0.2) is 12.1 Å². The zero-order valence-corrected chi connectivity index (χ0v) is 11.6.